The number of amides is 1. The predicted octanol–water partition coefficient (Wildman–Crippen LogP) is 5.11. The topological polar surface area (TPSA) is 92.5 Å². The lowest BCUT2D eigenvalue weighted by atomic mass is 9.97. The van der Waals surface area contributed by atoms with Gasteiger partial charge in [0.2, 0.25) is 15.9 Å². The third-order valence-corrected chi connectivity index (χ3v) is 8.09. The summed E-state index contributed by atoms with van der Waals surface area (Å²) >= 11 is 0. The molecule has 0 atom stereocenters. The normalized spacial score (nSPS) is 16.1. The number of aromatic nitrogens is 1. The Morgan fingerprint density at radius 1 is 1.03 bits per heavy atom. The molecule has 0 spiro atoms. The van der Waals surface area contributed by atoms with E-state index in [4.69, 9.17) is 4.42 Å². The molecule has 1 aromatic heterocycles. The summed E-state index contributed by atoms with van der Waals surface area (Å²) in [6.07, 6.45) is 0.970. The van der Waals surface area contributed by atoms with Gasteiger partial charge in [-0.2, -0.15) is 4.31 Å². The van der Waals surface area contributed by atoms with Gasteiger partial charge in [-0.1, -0.05) is 39.8 Å². The maximum absolute atomic E-state index is 13.0. The third kappa shape index (κ3) is 4.96. The Kier molecular flexibility index (Phi) is 6.59. The summed E-state index contributed by atoms with van der Waals surface area (Å²) in [5.74, 6) is 0.864. The van der Waals surface area contributed by atoms with Crippen LogP contribution in [0.4, 0.5) is 5.69 Å². The van der Waals surface area contributed by atoms with Gasteiger partial charge in [0.05, 0.1) is 4.90 Å². The molecule has 0 bridgehead atoms. The fraction of sp³-hybridized carbons (Fsp3) is 0.440. The van der Waals surface area contributed by atoms with Gasteiger partial charge in [0, 0.05) is 30.6 Å². The molecule has 3 aromatic rings. The second-order valence-electron chi connectivity index (χ2n) is 9.28. The molecule has 176 valence electrons. The van der Waals surface area contributed by atoms with Gasteiger partial charge < -0.3 is 9.73 Å². The number of fused-ring (bicyclic) bond motifs is 1. The first-order chi connectivity index (χ1) is 15.6. The Morgan fingerprint density at radius 2 is 1.70 bits per heavy atom. The van der Waals surface area contributed by atoms with E-state index in [0.29, 0.717) is 59.4 Å². The van der Waals surface area contributed by atoms with Crippen LogP contribution in [0.15, 0.2) is 51.8 Å². The Hall–Kier alpha value is -2.71. The van der Waals surface area contributed by atoms with Crippen LogP contribution < -0.4 is 5.32 Å². The number of oxazole rings is 1. The van der Waals surface area contributed by atoms with Crippen LogP contribution >= 0.6 is 0 Å². The second kappa shape index (κ2) is 9.27. The van der Waals surface area contributed by atoms with Gasteiger partial charge in [-0.15, -0.1) is 0 Å². The lowest BCUT2D eigenvalue weighted by molar-refractivity contribution is -0.120. The average molecular weight is 470 g/mol. The van der Waals surface area contributed by atoms with Crippen LogP contribution in [-0.4, -0.2) is 36.7 Å². The minimum absolute atomic E-state index is 0.0970. The summed E-state index contributed by atoms with van der Waals surface area (Å²) in [6, 6.07) is 12.5. The molecule has 2 aromatic carbocycles. The summed E-state index contributed by atoms with van der Waals surface area (Å²) in [7, 11) is -3.56. The van der Waals surface area contributed by atoms with Crippen molar-refractivity contribution in [3.63, 3.8) is 0 Å². The van der Waals surface area contributed by atoms with Gasteiger partial charge in [-0.3, -0.25) is 4.79 Å². The number of carbonyl (C=O) groups is 1. The summed E-state index contributed by atoms with van der Waals surface area (Å²) in [5.41, 5.74) is 3.17. The first-order valence-corrected chi connectivity index (χ1v) is 12.9. The quantitative estimate of drug-likeness (QED) is 0.541. The highest BCUT2D eigenvalue weighted by Gasteiger charge is 2.32. The van der Waals surface area contributed by atoms with Crippen molar-refractivity contribution in [3.8, 4) is 0 Å². The van der Waals surface area contributed by atoms with E-state index in [1.165, 1.54) is 4.31 Å². The minimum Gasteiger partial charge on any atom is -0.440 e. The molecule has 4 rings (SSSR count). The van der Waals surface area contributed by atoms with Crippen LogP contribution in [-0.2, 0) is 14.8 Å². The molecule has 33 heavy (non-hydrogen) atoms. The fourth-order valence-corrected chi connectivity index (χ4v) is 5.52. The molecule has 1 amide bonds. The molecule has 1 fully saturated rings. The number of rotatable bonds is 6. The summed E-state index contributed by atoms with van der Waals surface area (Å²) in [6.45, 7) is 8.83. The van der Waals surface area contributed by atoms with Crippen LogP contribution in [0.3, 0.4) is 0 Å². The number of carbonyl (C=O) groups excluding carboxylic acids is 1. The number of hydrogen-bond donors (Lipinski definition) is 1. The lowest BCUT2D eigenvalue weighted by Crippen LogP contribution is -2.41. The molecule has 1 aliphatic rings. The van der Waals surface area contributed by atoms with Crippen molar-refractivity contribution in [2.75, 3.05) is 18.4 Å². The molecular weight excluding hydrogens is 438 g/mol. The zero-order chi connectivity index (χ0) is 23.8. The minimum atomic E-state index is -3.56. The molecule has 0 aliphatic carbocycles. The van der Waals surface area contributed by atoms with Crippen molar-refractivity contribution in [1.29, 1.82) is 0 Å². The van der Waals surface area contributed by atoms with Gasteiger partial charge in [0.15, 0.2) is 11.5 Å². The molecule has 1 aliphatic heterocycles. The monoisotopic (exact) mass is 469 g/mol. The maximum Gasteiger partial charge on any atom is 0.243 e. The highest BCUT2D eigenvalue weighted by molar-refractivity contribution is 7.89. The molecule has 1 N–H and O–H groups in total. The number of piperidine rings is 1. The van der Waals surface area contributed by atoms with Crippen molar-refractivity contribution in [1.82, 2.24) is 9.29 Å². The van der Waals surface area contributed by atoms with Gasteiger partial charge in [-0.05, 0) is 54.7 Å². The van der Waals surface area contributed by atoms with Crippen LogP contribution in [0, 0.1) is 5.92 Å². The highest BCUT2D eigenvalue weighted by Crippen LogP contribution is 2.27. The number of nitrogens with one attached hydrogen (secondary N) is 1. The lowest BCUT2D eigenvalue weighted by Gasteiger charge is -2.30. The number of anilines is 1. The Balaban J connectivity index is 1.38. The van der Waals surface area contributed by atoms with E-state index in [1.807, 2.05) is 38.1 Å². The molecule has 0 saturated carbocycles. The van der Waals surface area contributed by atoms with Gasteiger partial charge >= 0.3 is 0 Å². The summed E-state index contributed by atoms with van der Waals surface area (Å²) in [5, 5.41) is 2.96. The van der Waals surface area contributed by atoms with E-state index in [1.54, 1.807) is 18.2 Å². The van der Waals surface area contributed by atoms with Gasteiger partial charge in [0.25, 0.3) is 0 Å². The Morgan fingerprint density at radius 3 is 2.30 bits per heavy atom. The van der Waals surface area contributed by atoms with E-state index in [0.717, 1.165) is 5.56 Å². The van der Waals surface area contributed by atoms with E-state index >= 15 is 0 Å². The van der Waals surface area contributed by atoms with Crippen molar-refractivity contribution in [2.45, 2.75) is 57.3 Å². The molecule has 1 saturated heterocycles. The fourth-order valence-electron chi connectivity index (χ4n) is 4.05. The summed E-state index contributed by atoms with van der Waals surface area (Å²) in [4.78, 5) is 17.6. The second-order valence-corrected chi connectivity index (χ2v) is 11.2. The van der Waals surface area contributed by atoms with Gasteiger partial charge in [-0.25, -0.2) is 13.4 Å². The van der Waals surface area contributed by atoms with E-state index in [-0.39, 0.29) is 17.7 Å². The largest absolute Gasteiger partial charge is 0.440 e. The number of benzene rings is 2. The molecule has 0 radical (unpaired) electrons. The van der Waals surface area contributed by atoms with Crippen LogP contribution in [0.2, 0.25) is 0 Å². The first-order valence-electron chi connectivity index (χ1n) is 11.5. The van der Waals surface area contributed by atoms with Crippen LogP contribution in [0.1, 0.15) is 63.8 Å². The highest BCUT2D eigenvalue weighted by atomic mass is 32.2. The zero-order valence-electron chi connectivity index (χ0n) is 19.5. The predicted molar refractivity (Wildman–Crippen MR) is 129 cm³/mol. The van der Waals surface area contributed by atoms with Gasteiger partial charge in [0.1, 0.15) is 5.52 Å². The Bertz CT molecular complexity index is 1240. The Labute approximate surface area is 195 Å². The van der Waals surface area contributed by atoms with Crippen molar-refractivity contribution < 1.29 is 17.6 Å². The molecular formula is C25H31N3O4S. The van der Waals surface area contributed by atoms with Crippen LogP contribution in [0.25, 0.3) is 11.1 Å². The third-order valence-electron chi connectivity index (χ3n) is 6.17. The average Bonchev–Trinajstić information content (AvgIpc) is 3.23. The van der Waals surface area contributed by atoms with E-state index in [9.17, 15) is 13.2 Å². The zero-order valence-corrected chi connectivity index (χ0v) is 20.4. The SMILES string of the molecule is CC(C)c1ccc(S(=O)(=O)N2CCC(C(=O)Nc3ccc4oc(C(C)C)nc4c3)CC2)cc1. The van der Waals surface area contributed by atoms with Crippen LogP contribution in [0.5, 0.6) is 0 Å². The number of sulfonamides is 1. The standard InChI is InChI=1S/C25H31N3O4S/c1-16(2)18-5-8-21(9-6-18)33(30,31)28-13-11-19(12-14-28)24(29)26-20-7-10-23-22(15-20)27-25(32-23)17(3)4/h5-10,15-17,19H,11-14H2,1-4H3,(H,26,29). The molecule has 2 heterocycles. The number of hydrogen-bond acceptors (Lipinski definition) is 5. The first kappa shape index (κ1) is 23.4. The van der Waals surface area contributed by atoms with E-state index in [2.05, 4.69) is 24.1 Å². The molecule has 0 unspecified atom stereocenters. The number of nitrogens with zero attached hydrogens (tertiary/aromatic N) is 2. The van der Waals surface area contributed by atoms with Crippen molar-refractivity contribution in [3.05, 3.63) is 53.9 Å². The molecule has 8 heteroatoms. The van der Waals surface area contributed by atoms with E-state index < -0.39 is 10.0 Å². The van der Waals surface area contributed by atoms with Crippen molar-refractivity contribution in [2.24, 2.45) is 5.92 Å². The van der Waals surface area contributed by atoms with Crippen molar-refractivity contribution >= 4 is 32.7 Å². The maximum atomic E-state index is 13.0. The molecule has 7 nitrogen and oxygen atoms in total. The smallest absolute Gasteiger partial charge is 0.243 e. The summed E-state index contributed by atoms with van der Waals surface area (Å²) < 4.78 is 33.2.